The van der Waals surface area contributed by atoms with Crippen molar-refractivity contribution in [3.8, 4) is 0 Å². The highest BCUT2D eigenvalue weighted by atomic mass is 19.1. The van der Waals surface area contributed by atoms with Gasteiger partial charge in [-0.25, -0.2) is 4.39 Å². The van der Waals surface area contributed by atoms with Crippen molar-refractivity contribution in [2.45, 2.75) is 6.42 Å². The van der Waals surface area contributed by atoms with E-state index in [1.165, 1.54) is 0 Å². The molecule has 0 aliphatic carbocycles. The Balaban J connectivity index is 2.85. The molecule has 3 nitrogen and oxygen atoms in total. The van der Waals surface area contributed by atoms with Crippen LogP contribution in [0.1, 0.15) is 6.42 Å². The minimum Gasteiger partial charge on any atom is -0.392 e. The van der Waals surface area contributed by atoms with Crippen LogP contribution in [0.3, 0.4) is 0 Å². The van der Waals surface area contributed by atoms with Gasteiger partial charge >= 0.3 is 0 Å². The molecule has 0 fully saturated rings. The Labute approximate surface area is 58.1 Å². The van der Waals surface area contributed by atoms with E-state index in [1.54, 1.807) is 0 Å². The average molecular weight is 144 g/mol. The van der Waals surface area contributed by atoms with Crippen LogP contribution in [0.25, 0.3) is 0 Å². The summed E-state index contributed by atoms with van der Waals surface area (Å²) in [4.78, 5) is 3.66. The van der Waals surface area contributed by atoms with E-state index in [2.05, 4.69) is 4.99 Å². The van der Waals surface area contributed by atoms with E-state index in [9.17, 15) is 4.39 Å². The number of nitrogens with zero attached hydrogens (tertiary/aromatic N) is 1. The number of aliphatic hydroxyl groups excluding tert-OH is 1. The highest BCUT2D eigenvalue weighted by Gasteiger charge is 2.13. The van der Waals surface area contributed by atoms with E-state index in [1.807, 2.05) is 0 Å². The molecule has 0 amide bonds. The summed E-state index contributed by atoms with van der Waals surface area (Å²) in [5.41, 5.74) is 5.50. The lowest BCUT2D eigenvalue weighted by Gasteiger charge is -2.09. The maximum absolute atomic E-state index is 12.7. The number of hydrogen-bond acceptors (Lipinski definition) is 3. The quantitative estimate of drug-likeness (QED) is 0.542. The van der Waals surface area contributed by atoms with E-state index < -0.39 is 5.83 Å². The van der Waals surface area contributed by atoms with Crippen molar-refractivity contribution < 1.29 is 9.50 Å². The lowest BCUT2D eigenvalue weighted by molar-refractivity contribution is 0.322. The summed E-state index contributed by atoms with van der Waals surface area (Å²) in [6.07, 6.45) is 0.475. The summed E-state index contributed by atoms with van der Waals surface area (Å²) in [6.45, 7) is 0.219. The van der Waals surface area contributed by atoms with Crippen molar-refractivity contribution in [2.75, 3.05) is 13.2 Å². The number of dihydropyridines is 1. The Hall–Kier alpha value is -0.900. The number of halogens is 1. The average Bonchev–Trinajstić information content (AvgIpc) is 1.95. The van der Waals surface area contributed by atoms with Gasteiger partial charge in [-0.2, -0.15) is 0 Å². The van der Waals surface area contributed by atoms with Crippen molar-refractivity contribution in [1.29, 1.82) is 0 Å². The molecular formula is C6H9FN2O. The second-order valence-corrected chi connectivity index (χ2v) is 2.09. The number of hydrogen-bond donors (Lipinski definition) is 2. The molecule has 0 saturated heterocycles. The van der Waals surface area contributed by atoms with E-state index in [4.69, 9.17) is 10.8 Å². The van der Waals surface area contributed by atoms with Gasteiger partial charge in [0.2, 0.25) is 0 Å². The lowest BCUT2D eigenvalue weighted by Crippen LogP contribution is -2.19. The molecule has 0 saturated carbocycles. The van der Waals surface area contributed by atoms with Gasteiger partial charge in [0.15, 0.2) is 11.7 Å². The molecule has 0 atom stereocenters. The normalized spacial score (nSPS) is 19.2. The third kappa shape index (κ3) is 1.16. The molecule has 4 heteroatoms. The van der Waals surface area contributed by atoms with Crippen LogP contribution in [0.5, 0.6) is 0 Å². The van der Waals surface area contributed by atoms with Gasteiger partial charge in [0.05, 0.1) is 6.61 Å². The van der Waals surface area contributed by atoms with Crippen molar-refractivity contribution in [3.63, 3.8) is 0 Å². The van der Waals surface area contributed by atoms with Gasteiger partial charge in [-0.15, -0.1) is 0 Å². The van der Waals surface area contributed by atoms with Gasteiger partial charge in [0.1, 0.15) is 0 Å². The van der Waals surface area contributed by atoms with Crippen molar-refractivity contribution >= 4 is 5.84 Å². The Morgan fingerprint density at radius 3 is 2.90 bits per heavy atom. The van der Waals surface area contributed by atoms with Gasteiger partial charge in [-0.05, 0) is 12.0 Å². The Morgan fingerprint density at radius 1 is 1.70 bits per heavy atom. The van der Waals surface area contributed by atoms with Crippen molar-refractivity contribution in [2.24, 2.45) is 10.7 Å². The van der Waals surface area contributed by atoms with Crippen LogP contribution < -0.4 is 5.73 Å². The zero-order chi connectivity index (χ0) is 7.56. The minimum absolute atomic E-state index is 0.0877. The fourth-order valence-electron chi connectivity index (χ4n) is 0.820. The third-order valence-corrected chi connectivity index (χ3v) is 1.42. The molecule has 56 valence electrons. The molecule has 1 rings (SSSR count). The summed E-state index contributed by atoms with van der Waals surface area (Å²) in [5.74, 6) is -0.635. The SMILES string of the molecule is NC1=NCCC(CO)=C1F. The molecule has 0 radical (unpaired) electrons. The highest BCUT2D eigenvalue weighted by Crippen LogP contribution is 2.14. The first-order valence-electron chi connectivity index (χ1n) is 3.04. The second kappa shape index (κ2) is 2.79. The third-order valence-electron chi connectivity index (χ3n) is 1.42. The van der Waals surface area contributed by atoms with Crippen LogP contribution >= 0.6 is 0 Å². The first-order chi connectivity index (χ1) is 4.75. The summed E-state index contributed by atoms with van der Waals surface area (Å²) in [7, 11) is 0. The van der Waals surface area contributed by atoms with E-state index in [-0.39, 0.29) is 12.4 Å². The molecule has 0 aromatic carbocycles. The summed E-state index contributed by atoms with van der Waals surface area (Å²) >= 11 is 0. The molecule has 0 unspecified atom stereocenters. The molecule has 1 aliphatic heterocycles. The predicted octanol–water partition coefficient (Wildman–Crippen LogP) is -0.0368. The van der Waals surface area contributed by atoms with Gasteiger partial charge in [0, 0.05) is 6.54 Å². The molecule has 10 heavy (non-hydrogen) atoms. The van der Waals surface area contributed by atoms with Gasteiger partial charge in [0.25, 0.3) is 0 Å². The molecule has 1 heterocycles. The van der Waals surface area contributed by atoms with Crippen molar-refractivity contribution in [3.05, 3.63) is 11.4 Å². The number of amidine groups is 1. The van der Waals surface area contributed by atoms with Crippen LogP contribution in [0.4, 0.5) is 4.39 Å². The van der Waals surface area contributed by atoms with E-state index in [0.717, 1.165) is 0 Å². The number of rotatable bonds is 1. The van der Waals surface area contributed by atoms with Crippen molar-refractivity contribution in [1.82, 2.24) is 0 Å². The number of nitrogens with two attached hydrogens (primary N) is 1. The van der Waals surface area contributed by atoms with E-state index >= 15 is 0 Å². The Bertz CT molecular complexity index is 198. The maximum atomic E-state index is 12.7. The molecular weight excluding hydrogens is 135 g/mol. The zero-order valence-electron chi connectivity index (χ0n) is 5.47. The van der Waals surface area contributed by atoms with E-state index in [0.29, 0.717) is 18.5 Å². The fraction of sp³-hybridized carbons (Fsp3) is 0.500. The molecule has 3 N–H and O–H groups in total. The second-order valence-electron chi connectivity index (χ2n) is 2.09. The largest absolute Gasteiger partial charge is 0.392 e. The number of aliphatic hydroxyl groups is 1. The molecule has 0 aromatic heterocycles. The van der Waals surface area contributed by atoms with Gasteiger partial charge < -0.3 is 10.8 Å². The fourth-order valence-corrected chi connectivity index (χ4v) is 0.820. The lowest BCUT2D eigenvalue weighted by atomic mass is 10.1. The molecule has 1 aliphatic rings. The highest BCUT2D eigenvalue weighted by molar-refractivity contribution is 5.96. The van der Waals surface area contributed by atoms with Crippen LogP contribution in [0, 0.1) is 0 Å². The Kier molecular flexibility index (Phi) is 2.01. The summed E-state index contributed by atoms with van der Waals surface area (Å²) < 4.78 is 12.7. The standard InChI is InChI=1S/C6H9FN2O/c7-5-4(3-10)1-2-9-6(5)8/h10H,1-3H2,(H2,8,9). The number of aliphatic imine (C=N–C) groups is 1. The zero-order valence-corrected chi connectivity index (χ0v) is 5.47. The minimum atomic E-state index is -0.547. The van der Waals surface area contributed by atoms with Crippen LogP contribution in [0.2, 0.25) is 0 Å². The van der Waals surface area contributed by atoms with Gasteiger partial charge in [-0.1, -0.05) is 0 Å². The Morgan fingerprint density at radius 2 is 2.40 bits per heavy atom. The van der Waals surface area contributed by atoms with Crippen LogP contribution in [0.15, 0.2) is 16.4 Å². The summed E-state index contributed by atoms with van der Waals surface area (Å²) in [6, 6.07) is 0. The first-order valence-corrected chi connectivity index (χ1v) is 3.04. The maximum Gasteiger partial charge on any atom is 0.166 e. The first kappa shape index (κ1) is 7.21. The predicted molar refractivity (Wildman–Crippen MR) is 36.3 cm³/mol. The monoisotopic (exact) mass is 144 g/mol. The van der Waals surface area contributed by atoms with Gasteiger partial charge in [-0.3, -0.25) is 4.99 Å². The van der Waals surface area contributed by atoms with Crippen LogP contribution in [-0.2, 0) is 0 Å². The smallest absolute Gasteiger partial charge is 0.166 e. The van der Waals surface area contributed by atoms with Crippen LogP contribution in [-0.4, -0.2) is 24.1 Å². The topological polar surface area (TPSA) is 58.6 Å². The summed E-state index contributed by atoms with van der Waals surface area (Å²) in [5, 5.41) is 8.57. The molecule has 0 aromatic rings. The molecule has 0 spiro atoms. The molecule has 0 bridgehead atoms.